The van der Waals surface area contributed by atoms with Crippen LogP contribution < -0.4 is 4.74 Å². The van der Waals surface area contributed by atoms with E-state index >= 15 is 0 Å². The predicted octanol–water partition coefficient (Wildman–Crippen LogP) is 4.23. The van der Waals surface area contributed by atoms with Crippen molar-refractivity contribution in [2.24, 2.45) is 4.99 Å². The molecule has 20 heavy (non-hydrogen) atoms. The lowest BCUT2D eigenvalue weighted by Crippen LogP contribution is -1.92. The lowest BCUT2D eigenvalue weighted by atomic mass is 10.1. The van der Waals surface area contributed by atoms with Gasteiger partial charge in [-0.2, -0.15) is 0 Å². The Labute approximate surface area is 123 Å². The summed E-state index contributed by atoms with van der Waals surface area (Å²) >= 11 is 5.96. The number of phenolic OH excluding ortho intramolecular Hbond substituents is 1. The predicted molar refractivity (Wildman–Crippen MR) is 82.1 cm³/mol. The van der Waals surface area contributed by atoms with Crippen molar-refractivity contribution in [1.82, 2.24) is 0 Å². The van der Waals surface area contributed by atoms with Gasteiger partial charge in [-0.15, -0.1) is 0 Å². The third-order valence-corrected chi connectivity index (χ3v) is 3.25. The van der Waals surface area contributed by atoms with Crippen molar-refractivity contribution >= 4 is 17.8 Å². The zero-order chi connectivity index (χ0) is 14.5. The number of aromatic hydroxyl groups is 1. The number of para-hydroxylation sites is 1. The maximum absolute atomic E-state index is 9.98. The van der Waals surface area contributed by atoms with Gasteiger partial charge in [0.2, 0.25) is 0 Å². The van der Waals surface area contributed by atoms with Gasteiger partial charge in [-0.1, -0.05) is 29.8 Å². The van der Waals surface area contributed by atoms with E-state index in [1.54, 1.807) is 18.3 Å². The molecule has 4 heteroatoms. The number of nitrogens with zero attached hydrogens (tertiary/aromatic N) is 1. The highest BCUT2D eigenvalue weighted by Gasteiger charge is 2.06. The second-order valence-electron chi connectivity index (χ2n) is 4.41. The fraction of sp³-hybridized carbons (Fsp3) is 0.188. The Morgan fingerprint density at radius 3 is 2.70 bits per heavy atom. The Kier molecular flexibility index (Phi) is 4.64. The number of rotatable bonds is 4. The number of aliphatic imine (C=N–C) groups is 1. The van der Waals surface area contributed by atoms with Gasteiger partial charge < -0.3 is 9.84 Å². The van der Waals surface area contributed by atoms with Crippen LogP contribution in [-0.4, -0.2) is 18.4 Å². The van der Waals surface area contributed by atoms with Crippen LogP contribution in [0, 0.1) is 0 Å². The van der Waals surface area contributed by atoms with Gasteiger partial charge in [0, 0.05) is 16.8 Å². The van der Waals surface area contributed by atoms with E-state index < -0.39 is 0 Å². The molecule has 0 aromatic heterocycles. The normalized spacial score (nSPS) is 12.6. The second kappa shape index (κ2) is 6.44. The van der Waals surface area contributed by atoms with Crippen molar-refractivity contribution in [3.63, 3.8) is 0 Å². The van der Waals surface area contributed by atoms with Crippen LogP contribution >= 0.6 is 11.6 Å². The zero-order valence-corrected chi connectivity index (χ0v) is 12.1. The summed E-state index contributed by atoms with van der Waals surface area (Å²) in [5.41, 5.74) is 1.65. The molecule has 0 radical (unpaired) electrons. The molecule has 0 amide bonds. The van der Waals surface area contributed by atoms with Crippen molar-refractivity contribution in [3.05, 3.63) is 58.6 Å². The summed E-state index contributed by atoms with van der Waals surface area (Å²) in [5.74, 6) is 0.529. The van der Waals surface area contributed by atoms with Crippen LogP contribution in [0.2, 0.25) is 5.02 Å². The second-order valence-corrected chi connectivity index (χ2v) is 4.84. The summed E-state index contributed by atoms with van der Waals surface area (Å²) < 4.78 is 5.06. The van der Waals surface area contributed by atoms with E-state index in [1.807, 2.05) is 37.3 Å². The van der Waals surface area contributed by atoms with Gasteiger partial charge in [0.05, 0.1) is 13.2 Å². The Balaban J connectivity index is 2.21. The topological polar surface area (TPSA) is 41.8 Å². The Bertz CT molecular complexity index is 626. The van der Waals surface area contributed by atoms with E-state index in [4.69, 9.17) is 16.3 Å². The molecule has 1 N–H and O–H groups in total. The zero-order valence-electron chi connectivity index (χ0n) is 11.4. The SMILES string of the molecule is COc1cccc(C=N[C@H](C)c2cccc(Cl)c2)c1O. The van der Waals surface area contributed by atoms with E-state index in [-0.39, 0.29) is 11.8 Å². The Morgan fingerprint density at radius 1 is 1.25 bits per heavy atom. The van der Waals surface area contributed by atoms with Gasteiger partial charge in [-0.25, -0.2) is 0 Å². The molecule has 3 nitrogen and oxygen atoms in total. The van der Waals surface area contributed by atoms with E-state index in [0.717, 1.165) is 5.56 Å². The summed E-state index contributed by atoms with van der Waals surface area (Å²) in [6.07, 6.45) is 1.64. The summed E-state index contributed by atoms with van der Waals surface area (Å²) in [7, 11) is 1.52. The smallest absolute Gasteiger partial charge is 0.166 e. The fourth-order valence-corrected chi connectivity index (χ4v) is 2.05. The van der Waals surface area contributed by atoms with Gasteiger partial charge >= 0.3 is 0 Å². The van der Waals surface area contributed by atoms with Crippen LogP contribution in [0.3, 0.4) is 0 Å². The molecule has 2 rings (SSSR count). The molecule has 2 aromatic carbocycles. The molecule has 0 bridgehead atoms. The highest BCUT2D eigenvalue weighted by atomic mass is 35.5. The summed E-state index contributed by atoms with van der Waals surface area (Å²) in [4.78, 5) is 4.44. The molecule has 0 aliphatic rings. The fourth-order valence-electron chi connectivity index (χ4n) is 1.85. The average Bonchev–Trinajstić information content (AvgIpc) is 2.46. The number of phenols is 1. The van der Waals surface area contributed by atoms with Crippen molar-refractivity contribution in [2.75, 3.05) is 7.11 Å². The van der Waals surface area contributed by atoms with E-state index in [9.17, 15) is 5.11 Å². The van der Waals surface area contributed by atoms with Gasteiger partial charge in [-0.3, -0.25) is 4.99 Å². The first-order valence-corrected chi connectivity index (χ1v) is 6.64. The molecule has 2 aromatic rings. The molecular formula is C16H16ClNO2. The largest absolute Gasteiger partial charge is 0.504 e. The highest BCUT2D eigenvalue weighted by Crippen LogP contribution is 2.28. The molecule has 0 fully saturated rings. The van der Waals surface area contributed by atoms with Crippen LogP contribution in [0.1, 0.15) is 24.1 Å². The number of halogens is 1. The van der Waals surface area contributed by atoms with Gasteiger partial charge in [-0.05, 0) is 36.8 Å². The monoisotopic (exact) mass is 289 g/mol. The molecule has 0 unspecified atom stereocenters. The third kappa shape index (κ3) is 3.31. The summed E-state index contributed by atoms with van der Waals surface area (Å²) in [6, 6.07) is 12.8. The maximum atomic E-state index is 9.98. The third-order valence-electron chi connectivity index (χ3n) is 3.02. The highest BCUT2D eigenvalue weighted by molar-refractivity contribution is 6.30. The first-order chi connectivity index (χ1) is 9.61. The van der Waals surface area contributed by atoms with Gasteiger partial charge in [0.15, 0.2) is 11.5 Å². The standard InChI is InChI=1S/C16H16ClNO2/c1-11(12-5-3-7-14(17)9-12)18-10-13-6-4-8-15(20-2)16(13)19/h3-11,19H,1-2H3/t11-/m1/s1. The van der Waals surface area contributed by atoms with Crippen molar-refractivity contribution in [2.45, 2.75) is 13.0 Å². The lowest BCUT2D eigenvalue weighted by Gasteiger charge is -2.08. The first kappa shape index (κ1) is 14.4. The molecule has 0 saturated heterocycles. The molecule has 104 valence electrons. The van der Waals surface area contributed by atoms with Gasteiger partial charge in [0.25, 0.3) is 0 Å². The number of hydrogen-bond donors (Lipinski definition) is 1. The lowest BCUT2D eigenvalue weighted by molar-refractivity contribution is 0.373. The van der Waals surface area contributed by atoms with E-state index in [0.29, 0.717) is 16.3 Å². The number of ether oxygens (including phenoxy) is 1. The molecule has 0 heterocycles. The van der Waals surface area contributed by atoms with Crippen LogP contribution in [0.25, 0.3) is 0 Å². The molecule has 0 spiro atoms. The van der Waals surface area contributed by atoms with Gasteiger partial charge in [0.1, 0.15) is 0 Å². The number of methoxy groups -OCH3 is 1. The van der Waals surface area contributed by atoms with Crippen LogP contribution in [0.15, 0.2) is 47.5 Å². The first-order valence-electron chi connectivity index (χ1n) is 6.26. The summed E-state index contributed by atoms with van der Waals surface area (Å²) in [6.45, 7) is 1.97. The average molecular weight is 290 g/mol. The number of hydrogen-bond acceptors (Lipinski definition) is 3. The van der Waals surface area contributed by atoms with Crippen molar-refractivity contribution < 1.29 is 9.84 Å². The minimum absolute atomic E-state index is 0.0423. The summed E-state index contributed by atoms with van der Waals surface area (Å²) in [5, 5.41) is 10.7. The molecule has 0 saturated carbocycles. The molecule has 0 aliphatic heterocycles. The Morgan fingerprint density at radius 2 is 2.00 bits per heavy atom. The van der Waals surface area contributed by atoms with E-state index in [2.05, 4.69) is 4.99 Å². The molecule has 1 atom stereocenters. The Hall–Kier alpha value is -2.00. The van der Waals surface area contributed by atoms with Crippen molar-refractivity contribution in [3.8, 4) is 11.5 Å². The number of benzene rings is 2. The quantitative estimate of drug-likeness (QED) is 0.856. The van der Waals surface area contributed by atoms with Crippen molar-refractivity contribution in [1.29, 1.82) is 0 Å². The molecule has 0 aliphatic carbocycles. The maximum Gasteiger partial charge on any atom is 0.166 e. The minimum atomic E-state index is -0.0423. The van der Waals surface area contributed by atoms with Crippen LogP contribution in [-0.2, 0) is 0 Å². The molecular weight excluding hydrogens is 274 g/mol. The minimum Gasteiger partial charge on any atom is -0.504 e. The van der Waals surface area contributed by atoms with Crippen LogP contribution in [0.5, 0.6) is 11.5 Å². The van der Waals surface area contributed by atoms with E-state index in [1.165, 1.54) is 7.11 Å². The van der Waals surface area contributed by atoms with Crippen LogP contribution in [0.4, 0.5) is 0 Å².